The Morgan fingerprint density at radius 3 is 2.79 bits per heavy atom. The number of nitrogens with one attached hydrogen (secondary N) is 2. The molecule has 4 heteroatoms. The minimum Gasteiger partial charge on any atom is -0.368 e. The van der Waals surface area contributed by atoms with Gasteiger partial charge in [0.2, 0.25) is 0 Å². The van der Waals surface area contributed by atoms with Crippen LogP contribution in [0.2, 0.25) is 0 Å². The SMILES string of the molecule is CC(C)Nc1ccc(C(=O)NC2C3CCc4ccccc4C32)cn1. The largest absolute Gasteiger partial charge is 0.368 e. The van der Waals surface area contributed by atoms with Crippen molar-refractivity contribution in [1.29, 1.82) is 0 Å². The highest BCUT2D eigenvalue weighted by molar-refractivity contribution is 5.94. The molecule has 0 saturated heterocycles. The van der Waals surface area contributed by atoms with Crippen molar-refractivity contribution in [1.82, 2.24) is 10.3 Å². The molecule has 0 bridgehead atoms. The Kier molecular flexibility index (Phi) is 3.75. The van der Waals surface area contributed by atoms with Crippen molar-refractivity contribution in [2.45, 2.75) is 44.7 Å². The molecule has 2 aliphatic carbocycles. The second-order valence-electron chi connectivity index (χ2n) is 7.16. The van der Waals surface area contributed by atoms with Crippen LogP contribution in [0.15, 0.2) is 42.6 Å². The lowest BCUT2D eigenvalue weighted by Gasteiger charge is -2.13. The molecule has 3 atom stereocenters. The molecule has 0 spiro atoms. The first-order chi connectivity index (χ1) is 11.6. The lowest BCUT2D eigenvalue weighted by atomic mass is 9.92. The van der Waals surface area contributed by atoms with Gasteiger partial charge in [-0.3, -0.25) is 4.79 Å². The van der Waals surface area contributed by atoms with Crippen molar-refractivity contribution in [2.24, 2.45) is 5.92 Å². The van der Waals surface area contributed by atoms with Crippen molar-refractivity contribution < 1.29 is 4.79 Å². The van der Waals surface area contributed by atoms with Crippen LogP contribution in [0.5, 0.6) is 0 Å². The summed E-state index contributed by atoms with van der Waals surface area (Å²) in [7, 11) is 0. The molecule has 124 valence electrons. The van der Waals surface area contributed by atoms with Gasteiger partial charge in [0.1, 0.15) is 5.82 Å². The highest BCUT2D eigenvalue weighted by Gasteiger charge is 2.53. The van der Waals surface area contributed by atoms with E-state index in [0.29, 0.717) is 23.4 Å². The molecule has 1 amide bonds. The molecule has 1 heterocycles. The lowest BCUT2D eigenvalue weighted by molar-refractivity contribution is 0.0948. The summed E-state index contributed by atoms with van der Waals surface area (Å²) in [6, 6.07) is 12.9. The topological polar surface area (TPSA) is 54.0 Å². The molecule has 0 aliphatic heterocycles. The molecular formula is C20H23N3O. The third kappa shape index (κ3) is 2.77. The van der Waals surface area contributed by atoms with Crippen LogP contribution in [0.3, 0.4) is 0 Å². The van der Waals surface area contributed by atoms with Crippen LogP contribution >= 0.6 is 0 Å². The monoisotopic (exact) mass is 321 g/mol. The van der Waals surface area contributed by atoms with Gasteiger partial charge >= 0.3 is 0 Å². The van der Waals surface area contributed by atoms with Gasteiger partial charge < -0.3 is 10.6 Å². The summed E-state index contributed by atoms with van der Waals surface area (Å²) >= 11 is 0. The molecule has 2 aromatic rings. The molecule has 1 saturated carbocycles. The summed E-state index contributed by atoms with van der Waals surface area (Å²) in [6.07, 6.45) is 3.95. The summed E-state index contributed by atoms with van der Waals surface area (Å²) < 4.78 is 0. The van der Waals surface area contributed by atoms with Gasteiger partial charge in [-0.2, -0.15) is 0 Å². The number of aromatic nitrogens is 1. The zero-order valence-corrected chi connectivity index (χ0v) is 14.1. The number of carbonyl (C=O) groups excluding carboxylic acids is 1. The molecule has 1 aromatic heterocycles. The van der Waals surface area contributed by atoms with Gasteiger partial charge in [0.15, 0.2) is 0 Å². The fraction of sp³-hybridized carbons (Fsp3) is 0.400. The number of rotatable bonds is 4. The van der Waals surface area contributed by atoms with E-state index in [1.165, 1.54) is 17.5 Å². The van der Waals surface area contributed by atoms with Crippen LogP contribution in [-0.2, 0) is 6.42 Å². The molecule has 3 unspecified atom stereocenters. The first kappa shape index (κ1) is 15.2. The fourth-order valence-electron chi connectivity index (χ4n) is 3.91. The highest BCUT2D eigenvalue weighted by Crippen LogP contribution is 2.54. The van der Waals surface area contributed by atoms with Crippen molar-refractivity contribution >= 4 is 11.7 Å². The van der Waals surface area contributed by atoms with Gasteiger partial charge in [-0.15, -0.1) is 0 Å². The van der Waals surface area contributed by atoms with Crippen LogP contribution < -0.4 is 10.6 Å². The van der Waals surface area contributed by atoms with E-state index >= 15 is 0 Å². The summed E-state index contributed by atoms with van der Waals surface area (Å²) in [5.74, 6) is 1.87. The summed E-state index contributed by atoms with van der Waals surface area (Å²) in [6.45, 7) is 4.13. The second-order valence-corrected chi connectivity index (χ2v) is 7.16. The van der Waals surface area contributed by atoms with Crippen LogP contribution in [0.4, 0.5) is 5.82 Å². The Morgan fingerprint density at radius 2 is 2.04 bits per heavy atom. The van der Waals surface area contributed by atoms with Crippen LogP contribution in [0.25, 0.3) is 0 Å². The van der Waals surface area contributed by atoms with E-state index in [9.17, 15) is 4.79 Å². The summed E-state index contributed by atoms with van der Waals surface area (Å²) in [4.78, 5) is 16.8. The number of benzene rings is 1. The Bertz CT molecular complexity index is 754. The molecule has 0 radical (unpaired) electrons. The predicted octanol–water partition coefficient (Wildman–Crippen LogP) is 3.36. The Morgan fingerprint density at radius 1 is 1.21 bits per heavy atom. The van der Waals surface area contributed by atoms with Gasteiger partial charge in [-0.25, -0.2) is 4.98 Å². The smallest absolute Gasteiger partial charge is 0.253 e. The van der Waals surface area contributed by atoms with Crippen LogP contribution in [0.1, 0.15) is 47.7 Å². The fourth-order valence-corrected chi connectivity index (χ4v) is 3.91. The van der Waals surface area contributed by atoms with Crippen LogP contribution in [0, 0.1) is 5.92 Å². The molecule has 4 nitrogen and oxygen atoms in total. The molecule has 1 aromatic carbocycles. The van der Waals surface area contributed by atoms with Crippen molar-refractivity contribution in [2.75, 3.05) is 5.32 Å². The van der Waals surface area contributed by atoms with Gasteiger partial charge in [-0.1, -0.05) is 24.3 Å². The standard InChI is InChI=1S/C20H23N3O/c1-12(2)22-17-10-8-14(11-21-17)20(24)23-19-16-9-7-13-5-3-4-6-15(13)18(16)19/h3-6,8,10-12,16,18-19H,7,9H2,1-2H3,(H,21,22)(H,23,24). The molecule has 24 heavy (non-hydrogen) atoms. The first-order valence-corrected chi connectivity index (χ1v) is 8.75. The van der Waals surface area contributed by atoms with Crippen molar-refractivity contribution in [3.8, 4) is 0 Å². The zero-order chi connectivity index (χ0) is 16.7. The highest BCUT2D eigenvalue weighted by atomic mass is 16.1. The van der Waals surface area contributed by atoms with Crippen LogP contribution in [-0.4, -0.2) is 23.0 Å². The summed E-state index contributed by atoms with van der Waals surface area (Å²) in [5, 5.41) is 6.45. The minimum atomic E-state index is -0.0181. The van der Waals surface area contributed by atoms with E-state index in [-0.39, 0.29) is 11.9 Å². The number of hydrogen-bond acceptors (Lipinski definition) is 3. The average molecular weight is 321 g/mol. The van der Waals surface area contributed by atoms with Crippen molar-refractivity contribution in [3.63, 3.8) is 0 Å². The number of carbonyl (C=O) groups is 1. The minimum absolute atomic E-state index is 0.0181. The maximum atomic E-state index is 12.5. The number of aryl methyl sites for hydroxylation is 1. The van der Waals surface area contributed by atoms with Gasteiger partial charge in [-0.05, 0) is 55.9 Å². The molecule has 2 N–H and O–H groups in total. The second kappa shape index (κ2) is 5.93. The quantitative estimate of drug-likeness (QED) is 0.908. The number of nitrogens with zero attached hydrogens (tertiary/aromatic N) is 1. The zero-order valence-electron chi connectivity index (χ0n) is 14.1. The van der Waals surface area contributed by atoms with E-state index in [1.54, 1.807) is 6.20 Å². The Hall–Kier alpha value is -2.36. The van der Waals surface area contributed by atoms with E-state index in [4.69, 9.17) is 0 Å². The lowest BCUT2D eigenvalue weighted by Crippen LogP contribution is -2.27. The number of hydrogen-bond donors (Lipinski definition) is 2. The molecule has 1 fully saturated rings. The normalized spacial score (nSPS) is 24.0. The third-order valence-electron chi connectivity index (χ3n) is 5.09. The van der Waals surface area contributed by atoms with E-state index in [1.807, 2.05) is 12.1 Å². The maximum absolute atomic E-state index is 12.5. The molecule has 4 rings (SSSR count). The number of anilines is 1. The maximum Gasteiger partial charge on any atom is 0.253 e. The predicted molar refractivity (Wildman–Crippen MR) is 95.2 cm³/mol. The summed E-state index contributed by atoms with van der Waals surface area (Å²) in [5.41, 5.74) is 3.50. The first-order valence-electron chi connectivity index (χ1n) is 8.75. The number of fused-ring (bicyclic) bond motifs is 3. The van der Waals surface area contributed by atoms with E-state index in [2.05, 4.69) is 53.7 Å². The van der Waals surface area contributed by atoms with Gasteiger partial charge in [0.05, 0.1) is 5.56 Å². The van der Waals surface area contributed by atoms with Gasteiger partial charge in [0.25, 0.3) is 5.91 Å². The van der Waals surface area contributed by atoms with E-state index in [0.717, 1.165) is 12.2 Å². The number of pyridine rings is 1. The Balaban J connectivity index is 1.43. The third-order valence-corrected chi connectivity index (χ3v) is 5.09. The van der Waals surface area contributed by atoms with Gasteiger partial charge in [0, 0.05) is 24.2 Å². The molecule has 2 aliphatic rings. The average Bonchev–Trinajstić information content (AvgIpc) is 3.28. The Labute approximate surface area is 142 Å². The molecular weight excluding hydrogens is 298 g/mol. The number of amides is 1. The van der Waals surface area contributed by atoms with Crippen molar-refractivity contribution in [3.05, 3.63) is 59.3 Å². The van der Waals surface area contributed by atoms with E-state index < -0.39 is 0 Å².